The largest absolute Gasteiger partial charge is 0.493 e. The summed E-state index contributed by atoms with van der Waals surface area (Å²) in [6, 6.07) is 2.28. The molecular formula is C15H23FN2O4. The number of carbonyl (C=O) groups excluding carboxylic acids is 1. The maximum atomic E-state index is 14.1. The summed E-state index contributed by atoms with van der Waals surface area (Å²) in [5, 5.41) is 5.65. The first-order valence-corrected chi connectivity index (χ1v) is 6.93. The summed E-state index contributed by atoms with van der Waals surface area (Å²) in [6.45, 7) is 2.94. The number of hydrogen-bond donors (Lipinski definition) is 2. The predicted molar refractivity (Wildman–Crippen MR) is 80.8 cm³/mol. The number of carbonyl (C=O) groups is 1. The Morgan fingerprint density at radius 1 is 1.23 bits per heavy atom. The van der Waals surface area contributed by atoms with E-state index in [1.165, 1.54) is 26.4 Å². The summed E-state index contributed by atoms with van der Waals surface area (Å²) in [5.41, 5.74) is 0.336. The first-order valence-electron chi connectivity index (χ1n) is 6.93. The van der Waals surface area contributed by atoms with E-state index in [1.807, 2.05) is 0 Å². The molecule has 2 N–H and O–H groups in total. The van der Waals surface area contributed by atoms with E-state index in [0.717, 1.165) is 0 Å². The van der Waals surface area contributed by atoms with Crippen molar-refractivity contribution in [3.05, 3.63) is 23.5 Å². The Hall–Kier alpha value is -1.86. The molecule has 0 spiro atoms. The zero-order valence-electron chi connectivity index (χ0n) is 13.4. The molecule has 1 aromatic carbocycles. The second-order valence-corrected chi connectivity index (χ2v) is 4.69. The normalized spacial score (nSPS) is 11.9. The molecular weight excluding hydrogens is 291 g/mol. The monoisotopic (exact) mass is 314 g/mol. The van der Waals surface area contributed by atoms with Gasteiger partial charge in [0.1, 0.15) is 5.82 Å². The molecule has 1 rings (SSSR count). The summed E-state index contributed by atoms with van der Waals surface area (Å²) < 4.78 is 29.1. The lowest BCUT2D eigenvalue weighted by atomic mass is 10.1. The maximum absolute atomic E-state index is 14.1. The highest BCUT2D eigenvalue weighted by Gasteiger charge is 2.17. The lowest BCUT2D eigenvalue weighted by molar-refractivity contribution is -0.120. The number of halogens is 1. The van der Waals surface area contributed by atoms with Gasteiger partial charge < -0.3 is 24.8 Å². The van der Waals surface area contributed by atoms with Gasteiger partial charge in [0.05, 0.1) is 33.4 Å². The number of rotatable bonds is 9. The van der Waals surface area contributed by atoms with Crippen molar-refractivity contribution in [2.45, 2.75) is 13.0 Å². The fourth-order valence-corrected chi connectivity index (χ4v) is 1.95. The van der Waals surface area contributed by atoms with Crippen molar-refractivity contribution in [3.8, 4) is 11.5 Å². The minimum Gasteiger partial charge on any atom is -0.493 e. The molecule has 0 bridgehead atoms. The van der Waals surface area contributed by atoms with Crippen LogP contribution in [0.4, 0.5) is 4.39 Å². The quantitative estimate of drug-likeness (QED) is 0.672. The molecule has 22 heavy (non-hydrogen) atoms. The Kier molecular flexibility index (Phi) is 7.62. The van der Waals surface area contributed by atoms with Gasteiger partial charge in [0, 0.05) is 25.3 Å². The number of nitrogens with one attached hydrogen (secondary N) is 2. The molecule has 0 heterocycles. The smallest absolute Gasteiger partial charge is 0.234 e. The molecule has 1 atom stereocenters. The Bertz CT molecular complexity index is 497. The van der Waals surface area contributed by atoms with E-state index in [4.69, 9.17) is 14.2 Å². The van der Waals surface area contributed by atoms with Crippen molar-refractivity contribution in [2.24, 2.45) is 0 Å². The van der Waals surface area contributed by atoms with Crippen LogP contribution < -0.4 is 20.1 Å². The van der Waals surface area contributed by atoms with Crippen LogP contribution in [-0.4, -0.2) is 46.9 Å². The summed E-state index contributed by atoms with van der Waals surface area (Å²) >= 11 is 0. The van der Waals surface area contributed by atoms with Crippen LogP contribution in [0.5, 0.6) is 11.5 Å². The molecule has 0 radical (unpaired) electrons. The lowest BCUT2D eigenvalue weighted by Crippen LogP contribution is -2.36. The lowest BCUT2D eigenvalue weighted by Gasteiger charge is -2.17. The van der Waals surface area contributed by atoms with Crippen molar-refractivity contribution in [3.63, 3.8) is 0 Å². The zero-order valence-corrected chi connectivity index (χ0v) is 13.4. The van der Waals surface area contributed by atoms with E-state index in [1.54, 1.807) is 14.0 Å². The highest BCUT2D eigenvalue weighted by atomic mass is 19.1. The molecule has 1 amide bonds. The standard InChI is InChI=1S/C15H23FN2O4/c1-10(18-15(19)9-17-5-6-20-2)11-7-13(21-3)14(22-4)8-12(11)16/h7-8,10,17H,5-6,9H2,1-4H3,(H,18,19). The van der Waals surface area contributed by atoms with Gasteiger partial charge >= 0.3 is 0 Å². The second-order valence-electron chi connectivity index (χ2n) is 4.69. The molecule has 1 unspecified atom stereocenters. The molecule has 0 aliphatic heterocycles. The highest BCUT2D eigenvalue weighted by molar-refractivity contribution is 5.78. The van der Waals surface area contributed by atoms with Gasteiger partial charge in [0.15, 0.2) is 11.5 Å². The third-order valence-corrected chi connectivity index (χ3v) is 3.12. The van der Waals surface area contributed by atoms with Crippen LogP contribution in [0, 0.1) is 5.82 Å². The predicted octanol–water partition coefficient (Wildman–Crippen LogP) is 1.26. The number of benzene rings is 1. The van der Waals surface area contributed by atoms with Gasteiger partial charge in [-0.15, -0.1) is 0 Å². The average molecular weight is 314 g/mol. The van der Waals surface area contributed by atoms with Crippen LogP contribution in [0.3, 0.4) is 0 Å². The molecule has 1 aromatic rings. The minimum atomic E-state index is -0.489. The fraction of sp³-hybridized carbons (Fsp3) is 0.533. The zero-order chi connectivity index (χ0) is 16.5. The van der Waals surface area contributed by atoms with Crippen molar-refractivity contribution in [2.75, 3.05) is 41.0 Å². The Morgan fingerprint density at radius 3 is 2.45 bits per heavy atom. The maximum Gasteiger partial charge on any atom is 0.234 e. The third-order valence-electron chi connectivity index (χ3n) is 3.12. The Morgan fingerprint density at radius 2 is 1.86 bits per heavy atom. The SMILES string of the molecule is COCCNCC(=O)NC(C)c1cc(OC)c(OC)cc1F. The van der Waals surface area contributed by atoms with Crippen molar-refractivity contribution < 1.29 is 23.4 Å². The van der Waals surface area contributed by atoms with E-state index in [2.05, 4.69) is 10.6 Å². The Balaban J connectivity index is 2.68. The summed E-state index contributed by atoms with van der Waals surface area (Å²) in [7, 11) is 4.50. The first kappa shape index (κ1) is 18.2. The van der Waals surface area contributed by atoms with Crippen LogP contribution in [0.15, 0.2) is 12.1 Å². The summed E-state index contributed by atoms with van der Waals surface area (Å²) in [5.74, 6) is 0.0392. The first-order chi connectivity index (χ1) is 10.5. The van der Waals surface area contributed by atoms with Crippen molar-refractivity contribution >= 4 is 5.91 Å². The van der Waals surface area contributed by atoms with Gasteiger partial charge in [-0.3, -0.25) is 4.79 Å². The van der Waals surface area contributed by atoms with Crippen LogP contribution in [0.25, 0.3) is 0 Å². The molecule has 124 valence electrons. The Labute approximate surface area is 129 Å². The van der Waals surface area contributed by atoms with Crippen LogP contribution in [0.1, 0.15) is 18.5 Å². The van der Waals surface area contributed by atoms with Gasteiger partial charge in [0.25, 0.3) is 0 Å². The van der Waals surface area contributed by atoms with Crippen LogP contribution in [-0.2, 0) is 9.53 Å². The van der Waals surface area contributed by atoms with Gasteiger partial charge in [0.2, 0.25) is 5.91 Å². The van der Waals surface area contributed by atoms with Gasteiger partial charge in [-0.2, -0.15) is 0 Å². The fourth-order valence-electron chi connectivity index (χ4n) is 1.95. The number of amides is 1. The van der Waals surface area contributed by atoms with Crippen molar-refractivity contribution in [1.29, 1.82) is 0 Å². The number of ether oxygens (including phenoxy) is 3. The highest BCUT2D eigenvalue weighted by Crippen LogP contribution is 2.32. The average Bonchev–Trinajstić information content (AvgIpc) is 2.51. The minimum absolute atomic E-state index is 0.141. The van der Waals surface area contributed by atoms with E-state index in [0.29, 0.717) is 30.2 Å². The molecule has 0 saturated heterocycles. The van der Waals surface area contributed by atoms with Crippen LogP contribution >= 0.6 is 0 Å². The molecule has 0 aromatic heterocycles. The molecule has 0 aliphatic carbocycles. The van der Waals surface area contributed by atoms with Crippen molar-refractivity contribution in [1.82, 2.24) is 10.6 Å². The van der Waals surface area contributed by atoms with Gasteiger partial charge in [-0.05, 0) is 13.0 Å². The van der Waals surface area contributed by atoms with Gasteiger partial charge in [-0.25, -0.2) is 4.39 Å². The number of methoxy groups -OCH3 is 3. The molecule has 0 fully saturated rings. The van der Waals surface area contributed by atoms with E-state index >= 15 is 0 Å². The summed E-state index contributed by atoms with van der Waals surface area (Å²) in [4.78, 5) is 11.8. The van der Waals surface area contributed by atoms with Crippen LogP contribution in [0.2, 0.25) is 0 Å². The van der Waals surface area contributed by atoms with E-state index < -0.39 is 11.9 Å². The van der Waals surface area contributed by atoms with E-state index in [9.17, 15) is 9.18 Å². The third kappa shape index (κ3) is 5.16. The molecule has 0 aliphatic rings. The second kappa shape index (κ2) is 9.22. The topological polar surface area (TPSA) is 68.8 Å². The van der Waals surface area contributed by atoms with Gasteiger partial charge in [-0.1, -0.05) is 0 Å². The molecule has 0 saturated carbocycles. The molecule has 7 heteroatoms. The molecule has 6 nitrogen and oxygen atoms in total. The van der Waals surface area contributed by atoms with E-state index in [-0.39, 0.29) is 12.5 Å². The summed E-state index contributed by atoms with van der Waals surface area (Å²) in [6.07, 6.45) is 0. The number of hydrogen-bond acceptors (Lipinski definition) is 5.